The van der Waals surface area contributed by atoms with Crippen LogP contribution in [-0.2, 0) is 0 Å². The first kappa shape index (κ1) is 8.47. The quantitative estimate of drug-likeness (QED) is 0.636. The molecule has 3 heteroatoms. The first-order valence-corrected chi connectivity index (χ1v) is 3.80. The largest absolute Gasteiger partial charge is 0.256 e. The second-order valence-electron chi connectivity index (χ2n) is 2.68. The van der Waals surface area contributed by atoms with Crippen LogP contribution in [0.15, 0.2) is 12.3 Å². The molecule has 0 N–H and O–H groups in total. The van der Waals surface area contributed by atoms with Gasteiger partial charge in [0.25, 0.3) is 0 Å². The molecule has 0 aromatic carbocycles. The fraction of sp³-hybridized carbons (Fsp3) is 0.375. The maximum absolute atomic E-state index is 13.0. The molecule has 0 aliphatic rings. The molecular weight excluding hydrogens is 165 g/mol. The van der Waals surface area contributed by atoms with E-state index in [1.165, 1.54) is 12.3 Å². The van der Waals surface area contributed by atoms with Gasteiger partial charge in [-0.15, -0.1) is 0 Å². The monoisotopic (exact) mass is 173 g/mol. The van der Waals surface area contributed by atoms with Crippen molar-refractivity contribution in [3.63, 3.8) is 0 Å². The van der Waals surface area contributed by atoms with Gasteiger partial charge in [0.15, 0.2) is 0 Å². The van der Waals surface area contributed by atoms with E-state index < -0.39 is 0 Å². The Bertz CT molecular complexity index is 260. The van der Waals surface area contributed by atoms with Gasteiger partial charge < -0.3 is 0 Å². The molecule has 0 aliphatic carbocycles. The van der Waals surface area contributed by atoms with E-state index in [2.05, 4.69) is 4.98 Å². The zero-order chi connectivity index (χ0) is 8.43. The van der Waals surface area contributed by atoms with E-state index >= 15 is 0 Å². The third-order valence-corrected chi connectivity index (χ3v) is 1.59. The van der Waals surface area contributed by atoms with Gasteiger partial charge >= 0.3 is 0 Å². The number of hydrogen-bond donors (Lipinski definition) is 0. The molecule has 0 radical (unpaired) electrons. The Labute approximate surface area is 70.2 Å². The SMILES string of the molecule is CC(C)c1ncc(Cl)cc1F. The normalized spacial score (nSPS) is 10.6. The minimum atomic E-state index is -0.326. The van der Waals surface area contributed by atoms with Crippen LogP contribution in [0.3, 0.4) is 0 Å². The van der Waals surface area contributed by atoms with Crippen molar-refractivity contribution in [3.8, 4) is 0 Å². The molecule has 0 unspecified atom stereocenters. The van der Waals surface area contributed by atoms with Crippen LogP contribution in [0.1, 0.15) is 25.5 Å². The van der Waals surface area contributed by atoms with Gasteiger partial charge in [-0.1, -0.05) is 25.4 Å². The summed E-state index contributed by atoms with van der Waals surface area (Å²) in [6.07, 6.45) is 1.46. The smallest absolute Gasteiger partial charge is 0.146 e. The molecule has 1 heterocycles. The van der Waals surface area contributed by atoms with Crippen LogP contribution in [0.2, 0.25) is 5.02 Å². The maximum atomic E-state index is 13.0. The summed E-state index contributed by atoms with van der Waals surface area (Å²) in [5.41, 5.74) is 0.467. The zero-order valence-corrected chi connectivity index (χ0v) is 7.19. The van der Waals surface area contributed by atoms with Crippen molar-refractivity contribution in [2.75, 3.05) is 0 Å². The summed E-state index contributed by atoms with van der Waals surface area (Å²) in [5.74, 6) is -0.222. The molecule has 60 valence electrons. The molecule has 1 rings (SSSR count). The molecule has 0 fully saturated rings. The van der Waals surface area contributed by atoms with E-state index in [0.29, 0.717) is 10.7 Å². The minimum Gasteiger partial charge on any atom is -0.256 e. The predicted molar refractivity (Wildman–Crippen MR) is 43.3 cm³/mol. The molecule has 0 atom stereocenters. The summed E-state index contributed by atoms with van der Waals surface area (Å²) in [7, 11) is 0. The molecule has 0 bridgehead atoms. The topological polar surface area (TPSA) is 12.9 Å². The number of aromatic nitrogens is 1. The molecule has 1 nitrogen and oxygen atoms in total. The van der Waals surface area contributed by atoms with Gasteiger partial charge in [0.05, 0.1) is 10.7 Å². The molecule has 0 spiro atoms. The summed E-state index contributed by atoms with van der Waals surface area (Å²) >= 11 is 5.52. The average molecular weight is 174 g/mol. The molecule has 0 amide bonds. The summed E-state index contributed by atoms with van der Waals surface area (Å²) < 4.78 is 13.0. The number of rotatable bonds is 1. The van der Waals surface area contributed by atoms with Gasteiger partial charge in [-0.25, -0.2) is 4.39 Å². The fourth-order valence-electron chi connectivity index (χ4n) is 0.850. The zero-order valence-electron chi connectivity index (χ0n) is 6.44. The van der Waals surface area contributed by atoms with Crippen molar-refractivity contribution in [1.29, 1.82) is 0 Å². The van der Waals surface area contributed by atoms with Crippen molar-refractivity contribution >= 4 is 11.6 Å². The van der Waals surface area contributed by atoms with Crippen LogP contribution in [0.5, 0.6) is 0 Å². The molecular formula is C8H9ClFN. The van der Waals surface area contributed by atoms with Gasteiger partial charge in [0.1, 0.15) is 5.82 Å². The van der Waals surface area contributed by atoms with Gasteiger partial charge in [-0.05, 0) is 12.0 Å². The molecule has 0 saturated heterocycles. The average Bonchev–Trinajstić information content (AvgIpc) is 1.85. The summed E-state index contributed by atoms with van der Waals surface area (Å²) in [5, 5.41) is 0.340. The Morgan fingerprint density at radius 2 is 2.18 bits per heavy atom. The summed E-state index contributed by atoms with van der Waals surface area (Å²) in [6, 6.07) is 1.28. The number of pyridine rings is 1. The van der Waals surface area contributed by atoms with E-state index in [-0.39, 0.29) is 11.7 Å². The fourth-order valence-corrected chi connectivity index (χ4v) is 0.995. The Morgan fingerprint density at radius 1 is 1.55 bits per heavy atom. The molecule has 0 saturated carbocycles. The van der Waals surface area contributed by atoms with Crippen molar-refractivity contribution in [2.24, 2.45) is 0 Å². The second kappa shape index (κ2) is 3.18. The lowest BCUT2D eigenvalue weighted by molar-refractivity contribution is 0.585. The van der Waals surface area contributed by atoms with Gasteiger partial charge in [0, 0.05) is 6.20 Å². The standard InChI is InChI=1S/C8H9ClFN/c1-5(2)8-7(10)3-6(9)4-11-8/h3-5H,1-2H3. The minimum absolute atomic E-state index is 0.104. The predicted octanol–water partition coefficient (Wildman–Crippen LogP) is 3.00. The van der Waals surface area contributed by atoms with E-state index in [0.717, 1.165) is 0 Å². The first-order chi connectivity index (χ1) is 5.11. The Kier molecular flexibility index (Phi) is 2.45. The Balaban J connectivity index is 3.09. The van der Waals surface area contributed by atoms with Gasteiger partial charge in [0.2, 0.25) is 0 Å². The second-order valence-corrected chi connectivity index (χ2v) is 3.11. The molecule has 0 aliphatic heterocycles. The molecule has 1 aromatic rings. The van der Waals surface area contributed by atoms with E-state index in [4.69, 9.17) is 11.6 Å². The van der Waals surface area contributed by atoms with Crippen molar-refractivity contribution in [1.82, 2.24) is 4.98 Å². The summed E-state index contributed by atoms with van der Waals surface area (Å²) in [4.78, 5) is 3.87. The Hall–Kier alpha value is -0.630. The van der Waals surface area contributed by atoms with Crippen molar-refractivity contribution in [3.05, 3.63) is 28.8 Å². The first-order valence-electron chi connectivity index (χ1n) is 3.42. The highest BCUT2D eigenvalue weighted by Gasteiger charge is 2.07. The third-order valence-electron chi connectivity index (χ3n) is 1.38. The van der Waals surface area contributed by atoms with Crippen LogP contribution >= 0.6 is 11.6 Å². The van der Waals surface area contributed by atoms with Crippen LogP contribution in [0.4, 0.5) is 4.39 Å². The highest BCUT2D eigenvalue weighted by Crippen LogP contribution is 2.18. The molecule has 11 heavy (non-hydrogen) atoms. The van der Waals surface area contributed by atoms with E-state index in [1.807, 2.05) is 13.8 Å². The van der Waals surface area contributed by atoms with E-state index in [1.54, 1.807) is 0 Å². The van der Waals surface area contributed by atoms with Crippen molar-refractivity contribution < 1.29 is 4.39 Å². The highest BCUT2D eigenvalue weighted by atomic mass is 35.5. The lowest BCUT2D eigenvalue weighted by Crippen LogP contribution is -1.96. The third kappa shape index (κ3) is 1.90. The van der Waals surface area contributed by atoms with Crippen LogP contribution in [-0.4, -0.2) is 4.98 Å². The van der Waals surface area contributed by atoms with Crippen LogP contribution in [0.25, 0.3) is 0 Å². The van der Waals surface area contributed by atoms with Gasteiger partial charge in [-0.2, -0.15) is 0 Å². The number of hydrogen-bond acceptors (Lipinski definition) is 1. The van der Waals surface area contributed by atoms with Crippen LogP contribution in [0, 0.1) is 5.82 Å². The lowest BCUT2D eigenvalue weighted by atomic mass is 10.1. The van der Waals surface area contributed by atoms with Crippen LogP contribution < -0.4 is 0 Å². The maximum Gasteiger partial charge on any atom is 0.146 e. The summed E-state index contributed by atoms with van der Waals surface area (Å²) in [6.45, 7) is 3.78. The number of halogens is 2. The molecule has 1 aromatic heterocycles. The lowest BCUT2D eigenvalue weighted by Gasteiger charge is -2.04. The Morgan fingerprint density at radius 3 is 2.64 bits per heavy atom. The van der Waals surface area contributed by atoms with E-state index in [9.17, 15) is 4.39 Å². The van der Waals surface area contributed by atoms with Crippen molar-refractivity contribution in [2.45, 2.75) is 19.8 Å². The number of nitrogens with zero attached hydrogens (tertiary/aromatic N) is 1. The van der Waals surface area contributed by atoms with Gasteiger partial charge in [-0.3, -0.25) is 4.98 Å². The highest BCUT2D eigenvalue weighted by molar-refractivity contribution is 6.30.